The highest BCUT2D eigenvalue weighted by Gasteiger charge is 2.51. The van der Waals surface area contributed by atoms with Gasteiger partial charge in [0.1, 0.15) is 11.1 Å². The van der Waals surface area contributed by atoms with Crippen LogP contribution in [0.2, 0.25) is 0 Å². The number of aromatic nitrogens is 1. The van der Waals surface area contributed by atoms with Crippen LogP contribution in [0.5, 0.6) is 0 Å². The number of fused-ring (bicyclic) bond motifs is 1. The van der Waals surface area contributed by atoms with E-state index in [0.717, 1.165) is 41.7 Å². The molecule has 32 heavy (non-hydrogen) atoms. The van der Waals surface area contributed by atoms with Gasteiger partial charge in [-0.05, 0) is 84.8 Å². The third kappa shape index (κ3) is 4.81. The lowest BCUT2D eigenvalue weighted by molar-refractivity contribution is 0.00578. The molecule has 0 N–H and O–H groups in total. The Morgan fingerprint density at radius 1 is 1.16 bits per heavy atom. The number of hydrogen-bond acceptors (Lipinski definition) is 6. The molecule has 2 fully saturated rings. The minimum absolute atomic E-state index is 0.229. The molecule has 4 rings (SSSR count). The Labute approximate surface area is 190 Å². The van der Waals surface area contributed by atoms with E-state index in [2.05, 4.69) is 4.98 Å². The molecule has 1 aromatic carbocycles. The van der Waals surface area contributed by atoms with Crippen molar-refractivity contribution in [2.24, 2.45) is 5.92 Å². The van der Waals surface area contributed by atoms with Crippen LogP contribution >= 0.6 is 0 Å². The average molecular weight is 442 g/mol. The van der Waals surface area contributed by atoms with Crippen molar-refractivity contribution in [3.63, 3.8) is 0 Å². The lowest BCUT2D eigenvalue weighted by Crippen LogP contribution is -2.42. The second-order valence-electron chi connectivity index (χ2n) is 11.0. The number of likely N-dealkylation sites (tertiary alicyclic amines) is 1. The van der Waals surface area contributed by atoms with Gasteiger partial charge >= 0.3 is 13.2 Å². The summed E-state index contributed by atoms with van der Waals surface area (Å²) in [5, 5.41) is 0. The van der Waals surface area contributed by atoms with Gasteiger partial charge in [-0.15, -0.1) is 0 Å². The van der Waals surface area contributed by atoms with Crippen LogP contribution in [0.25, 0.3) is 11.1 Å². The topological polar surface area (TPSA) is 74.0 Å². The largest absolute Gasteiger partial charge is 0.494 e. The summed E-state index contributed by atoms with van der Waals surface area (Å²) in [6, 6.07) is 5.93. The number of amides is 1. The molecule has 2 aromatic rings. The van der Waals surface area contributed by atoms with Gasteiger partial charge in [-0.25, -0.2) is 9.78 Å². The molecular formula is C24H35BN2O5. The van der Waals surface area contributed by atoms with Crippen molar-refractivity contribution in [3.05, 3.63) is 24.1 Å². The van der Waals surface area contributed by atoms with Gasteiger partial charge < -0.3 is 23.4 Å². The van der Waals surface area contributed by atoms with Crippen LogP contribution in [0.4, 0.5) is 4.79 Å². The van der Waals surface area contributed by atoms with Gasteiger partial charge in [0, 0.05) is 19.5 Å². The van der Waals surface area contributed by atoms with Gasteiger partial charge in [-0.3, -0.25) is 0 Å². The van der Waals surface area contributed by atoms with E-state index in [0.29, 0.717) is 19.0 Å². The molecule has 0 bridgehead atoms. The van der Waals surface area contributed by atoms with E-state index in [-0.39, 0.29) is 17.3 Å². The summed E-state index contributed by atoms with van der Waals surface area (Å²) >= 11 is 0. The van der Waals surface area contributed by atoms with Crippen LogP contribution in [-0.4, -0.2) is 53.0 Å². The molecule has 0 atom stereocenters. The van der Waals surface area contributed by atoms with E-state index in [4.69, 9.17) is 18.5 Å². The molecule has 1 aromatic heterocycles. The first-order valence-corrected chi connectivity index (χ1v) is 11.6. The highest BCUT2D eigenvalue weighted by Crippen LogP contribution is 2.36. The van der Waals surface area contributed by atoms with E-state index in [9.17, 15) is 4.79 Å². The van der Waals surface area contributed by atoms with Crippen LogP contribution in [-0.2, 0) is 20.5 Å². The molecule has 8 heteroatoms. The van der Waals surface area contributed by atoms with Crippen molar-refractivity contribution >= 4 is 29.8 Å². The van der Waals surface area contributed by atoms with Crippen LogP contribution in [0.3, 0.4) is 0 Å². The molecular weight excluding hydrogens is 407 g/mol. The van der Waals surface area contributed by atoms with Crippen molar-refractivity contribution in [2.45, 2.75) is 84.5 Å². The zero-order valence-corrected chi connectivity index (χ0v) is 20.4. The fourth-order valence-corrected chi connectivity index (χ4v) is 4.10. The van der Waals surface area contributed by atoms with Gasteiger partial charge in [0.15, 0.2) is 11.5 Å². The molecule has 3 heterocycles. The maximum absolute atomic E-state index is 12.3. The summed E-state index contributed by atoms with van der Waals surface area (Å²) in [5.41, 5.74) is 1.29. The third-order valence-electron chi connectivity index (χ3n) is 6.71. The van der Waals surface area contributed by atoms with E-state index in [1.807, 2.05) is 66.7 Å². The maximum atomic E-state index is 12.3. The fourth-order valence-electron chi connectivity index (χ4n) is 4.10. The summed E-state index contributed by atoms with van der Waals surface area (Å²) in [6.07, 6.45) is 2.37. The second-order valence-corrected chi connectivity index (χ2v) is 11.0. The first-order valence-electron chi connectivity index (χ1n) is 11.6. The Bertz CT molecular complexity index is 970. The minimum Gasteiger partial charge on any atom is -0.444 e. The van der Waals surface area contributed by atoms with Crippen LogP contribution in [0, 0.1) is 5.92 Å². The number of benzene rings is 1. The Kier molecular flexibility index (Phi) is 5.82. The van der Waals surface area contributed by atoms with Gasteiger partial charge in [0.25, 0.3) is 0 Å². The maximum Gasteiger partial charge on any atom is 0.494 e. The molecule has 7 nitrogen and oxygen atoms in total. The summed E-state index contributed by atoms with van der Waals surface area (Å²) in [5.74, 6) is 1.17. The quantitative estimate of drug-likeness (QED) is 0.660. The molecule has 2 saturated heterocycles. The standard InChI is InChI=1S/C24H35BN2O5/c1-22(2,3)30-21(28)27-12-10-16(11-13-27)14-20-26-18-9-8-17(15-19(18)29-20)25-31-23(4,5)24(6,7)32-25/h8-9,15-16H,10-14H2,1-7H3. The SMILES string of the molecule is CC(C)(C)OC(=O)N1CCC(Cc2nc3ccc(B4OC(C)(C)C(C)(C)O4)cc3o2)CC1. The number of nitrogens with zero attached hydrogens (tertiary/aromatic N) is 2. The zero-order valence-electron chi connectivity index (χ0n) is 20.4. The second kappa shape index (κ2) is 8.06. The molecule has 1 amide bonds. The lowest BCUT2D eigenvalue weighted by atomic mass is 9.79. The zero-order chi connectivity index (χ0) is 23.3. The van der Waals surface area contributed by atoms with Crippen LogP contribution in [0.15, 0.2) is 22.6 Å². The van der Waals surface area contributed by atoms with Gasteiger partial charge in [-0.2, -0.15) is 0 Å². The van der Waals surface area contributed by atoms with Gasteiger partial charge in [0.2, 0.25) is 0 Å². The highest BCUT2D eigenvalue weighted by atomic mass is 16.7. The van der Waals surface area contributed by atoms with Crippen LogP contribution < -0.4 is 5.46 Å². The van der Waals surface area contributed by atoms with Gasteiger partial charge in [-0.1, -0.05) is 6.07 Å². The number of carbonyl (C=O) groups excluding carboxylic acids is 1. The lowest BCUT2D eigenvalue weighted by Gasteiger charge is -2.33. The number of rotatable bonds is 3. The highest BCUT2D eigenvalue weighted by molar-refractivity contribution is 6.62. The predicted molar refractivity (Wildman–Crippen MR) is 124 cm³/mol. The van der Waals surface area contributed by atoms with E-state index in [1.54, 1.807) is 4.90 Å². The van der Waals surface area contributed by atoms with Crippen molar-refractivity contribution < 1.29 is 23.3 Å². The first kappa shape index (κ1) is 23.1. The molecule has 0 unspecified atom stereocenters. The molecule has 0 saturated carbocycles. The first-order chi connectivity index (χ1) is 14.8. The number of hydrogen-bond donors (Lipinski definition) is 0. The smallest absolute Gasteiger partial charge is 0.444 e. The molecule has 2 aliphatic rings. The Morgan fingerprint density at radius 3 is 2.38 bits per heavy atom. The van der Waals surface area contributed by atoms with E-state index >= 15 is 0 Å². The van der Waals surface area contributed by atoms with E-state index < -0.39 is 12.7 Å². The molecule has 0 aliphatic carbocycles. The molecule has 0 spiro atoms. The average Bonchev–Trinajstić information content (AvgIpc) is 3.16. The molecule has 174 valence electrons. The summed E-state index contributed by atoms with van der Waals surface area (Å²) in [7, 11) is -0.421. The monoisotopic (exact) mass is 442 g/mol. The molecule has 2 aliphatic heterocycles. The van der Waals surface area contributed by atoms with Crippen LogP contribution in [0.1, 0.15) is 67.2 Å². The Hall–Kier alpha value is -2.06. The van der Waals surface area contributed by atoms with Gasteiger partial charge in [0.05, 0.1) is 11.2 Å². The fraction of sp³-hybridized carbons (Fsp3) is 0.667. The Balaban J connectivity index is 1.38. The normalized spacial score (nSPS) is 21.3. The Morgan fingerprint density at radius 2 is 1.78 bits per heavy atom. The summed E-state index contributed by atoms with van der Waals surface area (Å²) in [4.78, 5) is 18.7. The number of piperidine rings is 1. The van der Waals surface area contributed by atoms with E-state index in [1.165, 1.54) is 0 Å². The number of ether oxygens (including phenoxy) is 1. The summed E-state index contributed by atoms with van der Waals surface area (Å²) < 4.78 is 23.9. The minimum atomic E-state index is -0.467. The summed E-state index contributed by atoms with van der Waals surface area (Å²) in [6.45, 7) is 15.3. The van der Waals surface area contributed by atoms with Crippen molar-refractivity contribution in [3.8, 4) is 0 Å². The van der Waals surface area contributed by atoms with Crippen molar-refractivity contribution in [1.82, 2.24) is 9.88 Å². The number of oxazole rings is 1. The predicted octanol–water partition coefficient (Wildman–Crippen LogP) is 4.32. The van der Waals surface area contributed by atoms with Crippen molar-refractivity contribution in [2.75, 3.05) is 13.1 Å². The molecule has 0 radical (unpaired) electrons. The third-order valence-corrected chi connectivity index (χ3v) is 6.71. The number of carbonyl (C=O) groups is 1. The van der Waals surface area contributed by atoms with Crippen molar-refractivity contribution in [1.29, 1.82) is 0 Å².